The lowest BCUT2D eigenvalue weighted by Gasteiger charge is -2.36. The molecule has 0 saturated heterocycles. The number of rotatable bonds is 40. The van der Waals surface area contributed by atoms with Gasteiger partial charge < -0.3 is 62.6 Å². The molecule has 0 fully saturated rings. The predicted molar refractivity (Wildman–Crippen MR) is 298 cm³/mol. The van der Waals surface area contributed by atoms with Gasteiger partial charge in [-0.1, -0.05) is 80.6 Å². The highest BCUT2D eigenvalue weighted by molar-refractivity contribution is 5.93. The number of amides is 7. The number of nitrogens with one attached hydrogen (secondary N) is 1. The molecule has 9 N–H and O–H groups in total. The molecule has 7 amide bonds. The molecule has 0 saturated carbocycles. The van der Waals surface area contributed by atoms with E-state index in [9.17, 15) is 33.6 Å². The van der Waals surface area contributed by atoms with Gasteiger partial charge in [0.15, 0.2) is 0 Å². The van der Waals surface area contributed by atoms with Crippen LogP contribution in [-0.4, -0.2) is 199 Å². The number of hydrogen-bond acceptors (Lipinski definition) is 13. The Labute approximate surface area is 452 Å². The fraction of sp³-hybridized carbons (Fsp3) is 0.607. The Balaban J connectivity index is 2.58. The molecule has 2 rings (SSSR count). The van der Waals surface area contributed by atoms with E-state index < -0.39 is 73.7 Å². The van der Waals surface area contributed by atoms with Crippen molar-refractivity contribution in [2.24, 2.45) is 28.9 Å². The number of carbonyl (C=O) groups is 8. The number of carbonyl (C=O) groups excluding carboxylic acids is 8. The zero-order chi connectivity index (χ0) is 56.4. The van der Waals surface area contributed by atoms with Crippen LogP contribution in [0.2, 0.25) is 0 Å². The second-order valence-electron chi connectivity index (χ2n) is 19.8. The van der Waals surface area contributed by atoms with E-state index in [0.29, 0.717) is 83.4 Å². The van der Waals surface area contributed by atoms with Gasteiger partial charge in [0.1, 0.15) is 25.4 Å². The highest BCUT2D eigenvalue weighted by Gasteiger charge is 2.34. The van der Waals surface area contributed by atoms with E-state index in [1.165, 1.54) is 47.3 Å². The summed E-state index contributed by atoms with van der Waals surface area (Å²) in [6, 6.07) is 16.9. The lowest BCUT2D eigenvalue weighted by molar-refractivity contribution is -0.150. The van der Waals surface area contributed by atoms with Gasteiger partial charge in [-0.2, -0.15) is 0 Å². The standard InChI is InChI=1S/C56H92N12O8/c1-7-31-62(51(71)39-63(32-19-15-27-58)50(70)35-61-30-18-14-26-57)38-52(72)65(34-21-17-29-60)41-55(75)68(47(6)49-24-12-9-13-25-49)43-56(76)67(46(5)48-22-10-8-11-23-48)42-54(74)64(33-20-16-28-59)40-53(73)66(36-44(2)3)37-45(4)69/h7-13,22-25,44,46-47,61H,1,14-21,26-43,57-60H2,2-6H3. The van der Waals surface area contributed by atoms with Gasteiger partial charge in [-0.3, -0.25) is 38.4 Å². The maximum Gasteiger partial charge on any atom is 0.243 e. The van der Waals surface area contributed by atoms with Crippen molar-refractivity contribution in [3.63, 3.8) is 0 Å². The van der Waals surface area contributed by atoms with Gasteiger partial charge in [0.25, 0.3) is 0 Å². The Morgan fingerprint density at radius 1 is 0.474 bits per heavy atom. The van der Waals surface area contributed by atoms with Crippen molar-refractivity contribution >= 4 is 47.1 Å². The first-order chi connectivity index (χ1) is 36.4. The predicted octanol–water partition coefficient (Wildman–Crippen LogP) is 2.29. The SMILES string of the molecule is C=CCN(CC(=O)N(CCCCN)CC(=O)N(CC(=O)N(CC(=O)N(CCCCN)CC(=O)N(CC(C)=O)CC(C)C)C(C)c1ccccc1)C(C)c1ccccc1)C(=O)CN(CCCCN)C(=O)CNCCCCN. The fourth-order valence-corrected chi connectivity index (χ4v) is 8.52. The van der Waals surface area contributed by atoms with Crippen LogP contribution in [0.15, 0.2) is 73.3 Å². The monoisotopic (exact) mass is 1060 g/mol. The van der Waals surface area contributed by atoms with Crippen LogP contribution in [0.1, 0.15) is 109 Å². The van der Waals surface area contributed by atoms with E-state index >= 15 is 4.79 Å². The van der Waals surface area contributed by atoms with Crippen LogP contribution in [-0.2, 0) is 38.4 Å². The summed E-state index contributed by atoms with van der Waals surface area (Å²) < 4.78 is 0. The van der Waals surface area contributed by atoms with Crippen molar-refractivity contribution in [2.75, 3.05) is 118 Å². The van der Waals surface area contributed by atoms with Gasteiger partial charge in [-0.15, -0.1) is 6.58 Å². The minimum absolute atomic E-state index is 0.00955. The molecule has 2 aromatic rings. The fourth-order valence-electron chi connectivity index (χ4n) is 8.52. The van der Waals surface area contributed by atoms with Crippen molar-refractivity contribution in [1.82, 2.24) is 39.6 Å². The largest absolute Gasteiger partial charge is 0.334 e. The van der Waals surface area contributed by atoms with E-state index in [-0.39, 0.29) is 70.0 Å². The third kappa shape index (κ3) is 24.7. The average Bonchev–Trinajstić information content (AvgIpc) is 3.40. The van der Waals surface area contributed by atoms with Gasteiger partial charge >= 0.3 is 0 Å². The Hall–Kier alpha value is -6.06. The zero-order valence-electron chi connectivity index (χ0n) is 46.4. The minimum Gasteiger partial charge on any atom is -0.334 e. The Morgan fingerprint density at radius 3 is 1.28 bits per heavy atom. The molecule has 0 heterocycles. The summed E-state index contributed by atoms with van der Waals surface area (Å²) in [5, 5.41) is 3.12. The van der Waals surface area contributed by atoms with Crippen LogP contribution >= 0.6 is 0 Å². The molecule has 76 heavy (non-hydrogen) atoms. The summed E-state index contributed by atoms with van der Waals surface area (Å²) in [6.45, 7) is 13.3. The topological polar surface area (TPSA) is 275 Å². The van der Waals surface area contributed by atoms with Crippen LogP contribution in [0.25, 0.3) is 0 Å². The minimum atomic E-state index is -0.696. The highest BCUT2D eigenvalue weighted by Crippen LogP contribution is 2.25. The van der Waals surface area contributed by atoms with Crippen molar-refractivity contribution in [3.8, 4) is 0 Å². The van der Waals surface area contributed by atoms with Crippen LogP contribution in [0.4, 0.5) is 0 Å². The first-order valence-electron chi connectivity index (χ1n) is 27.1. The quantitative estimate of drug-likeness (QED) is 0.0474. The molecule has 0 aliphatic heterocycles. The molecule has 2 unspecified atom stereocenters. The van der Waals surface area contributed by atoms with Crippen molar-refractivity contribution in [1.29, 1.82) is 0 Å². The summed E-state index contributed by atoms with van der Waals surface area (Å²) in [5.74, 6) is -3.46. The van der Waals surface area contributed by atoms with Crippen molar-refractivity contribution < 1.29 is 38.4 Å². The molecular weight excluding hydrogens is 969 g/mol. The summed E-state index contributed by atoms with van der Waals surface area (Å²) in [7, 11) is 0. The second-order valence-corrected chi connectivity index (χ2v) is 19.8. The average molecular weight is 1060 g/mol. The van der Waals surface area contributed by atoms with E-state index in [1.54, 1.807) is 13.8 Å². The lowest BCUT2D eigenvalue weighted by Crippen LogP contribution is -2.53. The van der Waals surface area contributed by atoms with Crippen LogP contribution < -0.4 is 28.3 Å². The third-order valence-electron chi connectivity index (χ3n) is 12.9. The molecule has 0 radical (unpaired) electrons. The molecular formula is C56H92N12O8. The second kappa shape index (κ2) is 37.6. The lowest BCUT2D eigenvalue weighted by atomic mass is 10.1. The van der Waals surface area contributed by atoms with E-state index in [4.69, 9.17) is 22.9 Å². The normalized spacial score (nSPS) is 11.8. The van der Waals surface area contributed by atoms with E-state index in [2.05, 4.69) is 11.9 Å². The smallest absolute Gasteiger partial charge is 0.243 e. The van der Waals surface area contributed by atoms with Crippen LogP contribution in [0, 0.1) is 5.92 Å². The number of benzene rings is 2. The number of ketones is 1. The van der Waals surface area contributed by atoms with Gasteiger partial charge in [-0.05, 0) is 122 Å². The van der Waals surface area contributed by atoms with E-state index in [0.717, 1.165) is 18.4 Å². The molecule has 424 valence electrons. The number of unbranched alkanes of at least 4 members (excludes halogenated alkanes) is 4. The number of hydrogen-bond donors (Lipinski definition) is 5. The van der Waals surface area contributed by atoms with Crippen LogP contribution in [0.5, 0.6) is 0 Å². The first-order valence-corrected chi connectivity index (χ1v) is 27.1. The van der Waals surface area contributed by atoms with Crippen molar-refractivity contribution in [3.05, 3.63) is 84.4 Å². The van der Waals surface area contributed by atoms with Crippen LogP contribution in [0.3, 0.4) is 0 Å². The van der Waals surface area contributed by atoms with Gasteiger partial charge in [-0.25, -0.2) is 0 Å². The molecule has 20 heteroatoms. The number of Topliss-reactive ketones (excluding diaryl/α,β-unsaturated/α-hetero) is 1. The van der Waals surface area contributed by atoms with Crippen molar-refractivity contribution in [2.45, 2.75) is 98.1 Å². The molecule has 2 atom stereocenters. The van der Waals surface area contributed by atoms with Gasteiger partial charge in [0.05, 0.1) is 44.8 Å². The maximum absolute atomic E-state index is 15.1. The maximum atomic E-state index is 15.1. The molecule has 2 aromatic carbocycles. The summed E-state index contributed by atoms with van der Waals surface area (Å²) in [6.07, 6.45) is 6.37. The first kappa shape index (κ1) is 66.1. The Bertz CT molecular complexity index is 2080. The third-order valence-corrected chi connectivity index (χ3v) is 12.9. The molecule has 0 aliphatic rings. The Morgan fingerprint density at radius 2 is 0.842 bits per heavy atom. The van der Waals surface area contributed by atoms with E-state index in [1.807, 2.05) is 74.5 Å². The molecule has 20 nitrogen and oxygen atoms in total. The molecule has 0 aliphatic carbocycles. The highest BCUT2D eigenvalue weighted by atomic mass is 16.2. The number of nitrogens with zero attached hydrogens (tertiary/aromatic N) is 7. The molecule has 0 bridgehead atoms. The summed E-state index contributed by atoms with van der Waals surface area (Å²) in [5.41, 5.74) is 24.5. The summed E-state index contributed by atoms with van der Waals surface area (Å²) >= 11 is 0. The van der Waals surface area contributed by atoms with Gasteiger partial charge in [0.2, 0.25) is 41.4 Å². The Kier molecular flexibility index (Phi) is 32.7. The van der Waals surface area contributed by atoms with Gasteiger partial charge in [0, 0.05) is 32.7 Å². The summed E-state index contributed by atoms with van der Waals surface area (Å²) in [4.78, 5) is 122. The molecule has 0 aromatic heterocycles. The zero-order valence-corrected chi connectivity index (χ0v) is 46.4. The molecule has 0 spiro atoms. The number of nitrogens with two attached hydrogens (primary N) is 4.